The predicted octanol–water partition coefficient (Wildman–Crippen LogP) is 6.47. The highest BCUT2D eigenvalue weighted by atomic mass is 16.5. The molecule has 0 aliphatic carbocycles. The molecule has 3 rings (SSSR count). The summed E-state index contributed by atoms with van der Waals surface area (Å²) in [4.78, 5) is 7.08. The molecule has 0 fully saturated rings. The maximum atomic E-state index is 5.70. The number of aliphatic imine (C=N–C) groups is 1. The summed E-state index contributed by atoms with van der Waals surface area (Å²) >= 11 is 0. The van der Waals surface area contributed by atoms with Crippen LogP contribution < -0.4 is 9.64 Å². The topological polar surface area (TPSA) is 24.8 Å². The predicted molar refractivity (Wildman–Crippen MR) is 121 cm³/mol. The maximum Gasteiger partial charge on any atom is 0.129 e. The molecule has 0 spiro atoms. The molecule has 1 unspecified atom stereocenters. The number of nitrogens with zero attached hydrogens (tertiary/aromatic N) is 2. The summed E-state index contributed by atoms with van der Waals surface area (Å²) in [6.45, 7) is 13.6. The molecule has 2 aromatic carbocycles. The van der Waals surface area contributed by atoms with Crippen LogP contribution in [0.4, 0.5) is 11.4 Å². The van der Waals surface area contributed by atoms with Crippen molar-refractivity contribution in [3.8, 4) is 5.75 Å². The van der Waals surface area contributed by atoms with Gasteiger partial charge in [-0.25, -0.2) is 0 Å². The van der Waals surface area contributed by atoms with Crippen LogP contribution in [0.25, 0.3) is 0 Å². The van der Waals surface area contributed by atoms with Crippen LogP contribution in [0.5, 0.6) is 5.75 Å². The van der Waals surface area contributed by atoms with E-state index in [1.165, 1.54) is 16.8 Å². The third kappa shape index (κ3) is 3.94. The van der Waals surface area contributed by atoms with Crippen molar-refractivity contribution in [1.82, 2.24) is 0 Å². The van der Waals surface area contributed by atoms with Crippen molar-refractivity contribution in [2.75, 3.05) is 19.1 Å². The normalized spacial score (nSPS) is 19.0. The quantitative estimate of drug-likeness (QED) is 0.572. The van der Waals surface area contributed by atoms with Crippen molar-refractivity contribution in [2.24, 2.45) is 4.99 Å². The highest BCUT2D eigenvalue weighted by Gasteiger charge is 2.34. The van der Waals surface area contributed by atoms with E-state index in [-0.39, 0.29) is 11.0 Å². The van der Waals surface area contributed by atoms with Gasteiger partial charge in [0.1, 0.15) is 5.75 Å². The molecule has 0 radical (unpaired) electrons. The van der Waals surface area contributed by atoms with Gasteiger partial charge in [-0.15, -0.1) is 0 Å². The first-order valence-corrected chi connectivity index (χ1v) is 10.1. The molecule has 1 aliphatic heterocycles. The van der Waals surface area contributed by atoms with E-state index >= 15 is 0 Å². The molecule has 1 aliphatic rings. The molecule has 2 aromatic rings. The Labute approximate surface area is 170 Å². The fourth-order valence-corrected chi connectivity index (χ4v) is 4.08. The minimum atomic E-state index is 0.141. The third-order valence-electron chi connectivity index (χ3n) is 6.07. The highest BCUT2D eigenvalue weighted by molar-refractivity contribution is 5.87. The molecule has 28 heavy (non-hydrogen) atoms. The van der Waals surface area contributed by atoms with Gasteiger partial charge >= 0.3 is 0 Å². The first-order chi connectivity index (χ1) is 13.0. The third-order valence-corrected chi connectivity index (χ3v) is 6.07. The van der Waals surface area contributed by atoms with Crippen molar-refractivity contribution in [3.05, 3.63) is 53.1 Å². The van der Waals surface area contributed by atoms with Crippen molar-refractivity contribution in [1.29, 1.82) is 0 Å². The summed E-state index contributed by atoms with van der Waals surface area (Å²) in [5.41, 5.74) is 6.22. The van der Waals surface area contributed by atoms with Crippen LogP contribution in [0.1, 0.15) is 70.6 Å². The SMILES string of the molecule is COc1cc2c(cc1C=Nc1ccc(C(C)(C)C)cc1)C(C)CC(C)(C)N2C. The molecule has 0 saturated carbocycles. The number of benzene rings is 2. The second kappa shape index (κ2) is 7.27. The highest BCUT2D eigenvalue weighted by Crippen LogP contribution is 2.44. The lowest BCUT2D eigenvalue weighted by Crippen LogP contribution is -2.45. The summed E-state index contributed by atoms with van der Waals surface area (Å²) in [7, 11) is 3.91. The molecule has 0 saturated heterocycles. The van der Waals surface area contributed by atoms with E-state index in [2.05, 4.69) is 89.9 Å². The van der Waals surface area contributed by atoms with Crippen molar-refractivity contribution < 1.29 is 4.74 Å². The lowest BCUT2D eigenvalue weighted by molar-refractivity contribution is 0.389. The zero-order valence-electron chi connectivity index (χ0n) is 18.6. The van der Waals surface area contributed by atoms with Gasteiger partial charge in [0.05, 0.1) is 12.8 Å². The zero-order valence-corrected chi connectivity index (χ0v) is 18.6. The molecular formula is C25H34N2O. The monoisotopic (exact) mass is 378 g/mol. The van der Waals surface area contributed by atoms with E-state index in [9.17, 15) is 0 Å². The van der Waals surface area contributed by atoms with Gasteiger partial charge in [0, 0.05) is 36.1 Å². The zero-order chi connectivity index (χ0) is 20.7. The number of anilines is 1. The summed E-state index contributed by atoms with van der Waals surface area (Å²) in [5, 5.41) is 0. The van der Waals surface area contributed by atoms with Crippen LogP contribution >= 0.6 is 0 Å². The molecule has 3 nitrogen and oxygen atoms in total. The summed E-state index contributed by atoms with van der Waals surface area (Å²) in [6, 6.07) is 12.9. The molecule has 1 heterocycles. The van der Waals surface area contributed by atoms with Gasteiger partial charge in [-0.1, -0.05) is 39.8 Å². The number of hydrogen-bond donors (Lipinski definition) is 0. The van der Waals surface area contributed by atoms with Crippen molar-refractivity contribution in [3.63, 3.8) is 0 Å². The Hall–Kier alpha value is -2.29. The minimum Gasteiger partial charge on any atom is -0.496 e. The molecule has 150 valence electrons. The number of ether oxygens (including phenoxy) is 1. The number of methoxy groups -OCH3 is 1. The minimum absolute atomic E-state index is 0.141. The van der Waals surface area contributed by atoms with Crippen LogP contribution in [-0.2, 0) is 5.41 Å². The van der Waals surface area contributed by atoms with Crippen LogP contribution in [-0.4, -0.2) is 25.9 Å². The Morgan fingerprint density at radius 3 is 2.36 bits per heavy atom. The molecule has 0 N–H and O–H groups in total. The second-order valence-corrected chi connectivity index (χ2v) is 9.68. The van der Waals surface area contributed by atoms with Gasteiger partial charge in [0.2, 0.25) is 0 Å². The Kier molecular flexibility index (Phi) is 5.31. The van der Waals surface area contributed by atoms with Crippen LogP contribution in [0, 0.1) is 0 Å². The van der Waals surface area contributed by atoms with Gasteiger partial charge in [-0.05, 0) is 60.9 Å². The van der Waals surface area contributed by atoms with Gasteiger partial charge in [0.15, 0.2) is 0 Å². The summed E-state index contributed by atoms with van der Waals surface area (Å²) in [5.74, 6) is 1.37. The number of fused-ring (bicyclic) bond motifs is 1. The molecular weight excluding hydrogens is 344 g/mol. The fourth-order valence-electron chi connectivity index (χ4n) is 4.08. The molecule has 0 amide bonds. The smallest absolute Gasteiger partial charge is 0.129 e. The first-order valence-electron chi connectivity index (χ1n) is 10.1. The van der Waals surface area contributed by atoms with Crippen LogP contribution in [0.3, 0.4) is 0 Å². The Morgan fingerprint density at radius 1 is 1.14 bits per heavy atom. The molecule has 3 heteroatoms. The molecule has 1 atom stereocenters. The lowest BCUT2D eigenvalue weighted by atomic mass is 9.80. The van der Waals surface area contributed by atoms with E-state index in [1.54, 1.807) is 7.11 Å². The average Bonchev–Trinajstić information content (AvgIpc) is 2.63. The Balaban J connectivity index is 1.95. The van der Waals surface area contributed by atoms with E-state index in [0.717, 1.165) is 23.4 Å². The van der Waals surface area contributed by atoms with Crippen LogP contribution in [0.15, 0.2) is 41.4 Å². The average molecular weight is 379 g/mol. The Bertz CT molecular complexity index is 873. The number of rotatable bonds is 3. The van der Waals surface area contributed by atoms with Gasteiger partial charge in [-0.3, -0.25) is 4.99 Å². The van der Waals surface area contributed by atoms with E-state index in [1.807, 2.05) is 6.21 Å². The summed E-state index contributed by atoms with van der Waals surface area (Å²) in [6.07, 6.45) is 3.06. The van der Waals surface area contributed by atoms with E-state index < -0.39 is 0 Å². The van der Waals surface area contributed by atoms with Gasteiger partial charge in [0.25, 0.3) is 0 Å². The van der Waals surface area contributed by atoms with Crippen molar-refractivity contribution >= 4 is 17.6 Å². The Morgan fingerprint density at radius 2 is 1.79 bits per heavy atom. The fraction of sp³-hybridized carbons (Fsp3) is 0.480. The maximum absolute atomic E-state index is 5.70. The lowest BCUT2D eigenvalue weighted by Gasteiger charge is -2.45. The number of hydrogen-bond acceptors (Lipinski definition) is 3. The largest absolute Gasteiger partial charge is 0.496 e. The standard InChI is InChI=1S/C25H34N2O/c1-17-15-25(5,6)27(7)22-14-23(28-8)18(13-21(17)22)16-26-20-11-9-19(10-12-20)24(2,3)4/h9-14,16-17H,15H2,1-8H3. The van der Waals surface area contributed by atoms with Crippen molar-refractivity contribution in [2.45, 2.75) is 64.8 Å². The molecule has 0 aromatic heterocycles. The molecule has 0 bridgehead atoms. The second-order valence-electron chi connectivity index (χ2n) is 9.68. The first kappa shape index (κ1) is 20.4. The van der Waals surface area contributed by atoms with Crippen LogP contribution in [0.2, 0.25) is 0 Å². The van der Waals surface area contributed by atoms with E-state index in [4.69, 9.17) is 9.73 Å². The summed E-state index contributed by atoms with van der Waals surface area (Å²) < 4.78 is 5.70. The van der Waals surface area contributed by atoms with Gasteiger partial charge in [-0.2, -0.15) is 0 Å². The van der Waals surface area contributed by atoms with Gasteiger partial charge < -0.3 is 9.64 Å². The van der Waals surface area contributed by atoms with E-state index in [0.29, 0.717) is 5.92 Å².